The van der Waals surface area contributed by atoms with E-state index in [9.17, 15) is 0 Å². The number of anilines is 4. The van der Waals surface area contributed by atoms with Crippen molar-refractivity contribution in [1.82, 2.24) is 0 Å². The van der Waals surface area contributed by atoms with Gasteiger partial charge in [0.15, 0.2) is 0 Å². The molecule has 0 aromatic heterocycles. The van der Waals surface area contributed by atoms with Crippen LogP contribution in [0.3, 0.4) is 0 Å². The highest BCUT2D eigenvalue weighted by Gasteiger charge is 2.12. The highest BCUT2D eigenvalue weighted by Crippen LogP contribution is 2.32. The first-order valence-electron chi connectivity index (χ1n) is 14.1. The largest absolute Gasteiger partial charge is 0.394 e. The summed E-state index contributed by atoms with van der Waals surface area (Å²) in [6, 6.07) is 47.7. The maximum atomic E-state index is 8.74. The Balaban J connectivity index is 0.000000743. The van der Waals surface area contributed by atoms with E-state index in [0.717, 1.165) is 50.8 Å². The van der Waals surface area contributed by atoms with Gasteiger partial charge in [-0.05, 0) is 95.1 Å². The van der Waals surface area contributed by atoms with E-state index < -0.39 is 10.4 Å². The number of allylic oxidation sites excluding steroid dienone is 5. The van der Waals surface area contributed by atoms with Gasteiger partial charge in [0.05, 0.1) is 11.4 Å². The number of aliphatic imine (C=N–C) groups is 1. The molecule has 0 saturated carbocycles. The second-order valence-corrected chi connectivity index (χ2v) is 10.8. The van der Waals surface area contributed by atoms with Crippen molar-refractivity contribution in [3.05, 3.63) is 181 Å². The molecule has 1 aliphatic carbocycles. The van der Waals surface area contributed by atoms with Gasteiger partial charge in [0.25, 0.3) is 0 Å². The Bertz CT molecular complexity index is 1820. The SMILES string of the molecule is C1=CC(=C(c2ccc(Nc3ccccc3)cc2)c2ccc(Nc3ccccc3)cc2)C=CC1=Nc1ccccc1.O=S(=O)(O)O. The number of benzene rings is 5. The van der Waals surface area contributed by atoms with E-state index in [1.54, 1.807) is 0 Å². The van der Waals surface area contributed by atoms with Crippen LogP contribution in [0.15, 0.2) is 174 Å². The molecule has 0 amide bonds. The van der Waals surface area contributed by atoms with Crippen molar-refractivity contribution < 1.29 is 17.5 Å². The van der Waals surface area contributed by atoms with Crippen LogP contribution in [0.5, 0.6) is 0 Å². The molecule has 8 heteroatoms. The van der Waals surface area contributed by atoms with Gasteiger partial charge in [0.2, 0.25) is 0 Å². The van der Waals surface area contributed by atoms with Crippen LogP contribution in [-0.2, 0) is 10.4 Å². The van der Waals surface area contributed by atoms with Gasteiger partial charge in [-0.25, -0.2) is 4.99 Å². The fourth-order valence-electron chi connectivity index (χ4n) is 4.67. The Hall–Kier alpha value is -5.54. The van der Waals surface area contributed by atoms with Gasteiger partial charge in [-0.3, -0.25) is 9.11 Å². The lowest BCUT2D eigenvalue weighted by Gasteiger charge is -2.16. The second-order valence-electron chi connectivity index (χ2n) is 9.95. The van der Waals surface area contributed by atoms with Crippen molar-refractivity contribution >= 4 is 50.1 Å². The summed E-state index contributed by atoms with van der Waals surface area (Å²) in [4.78, 5) is 4.76. The number of hydrogen-bond donors (Lipinski definition) is 4. The van der Waals surface area contributed by atoms with Crippen molar-refractivity contribution in [1.29, 1.82) is 0 Å². The first-order chi connectivity index (χ1) is 21.8. The molecule has 224 valence electrons. The third-order valence-electron chi connectivity index (χ3n) is 6.64. The predicted molar refractivity (Wildman–Crippen MR) is 184 cm³/mol. The zero-order valence-corrected chi connectivity index (χ0v) is 25.0. The van der Waals surface area contributed by atoms with E-state index in [4.69, 9.17) is 22.5 Å². The molecule has 1 aliphatic rings. The minimum atomic E-state index is -4.67. The maximum absolute atomic E-state index is 8.74. The first-order valence-corrected chi connectivity index (χ1v) is 15.5. The summed E-state index contributed by atoms with van der Waals surface area (Å²) in [7, 11) is -4.67. The molecule has 0 atom stereocenters. The second kappa shape index (κ2) is 14.8. The quantitative estimate of drug-likeness (QED) is 0.136. The molecule has 0 spiro atoms. The number of hydrogen-bond acceptors (Lipinski definition) is 5. The van der Waals surface area contributed by atoms with Gasteiger partial charge in [-0.15, -0.1) is 0 Å². The third kappa shape index (κ3) is 9.74. The van der Waals surface area contributed by atoms with Gasteiger partial charge in [-0.2, -0.15) is 8.42 Å². The van der Waals surface area contributed by atoms with Crippen LogP contribution in [-0.4, -0.2) is 23.2 Å². The van der Waals surface area contributed by atoms with E-state index in [0.29, 0.717) is 0 Å². The summed E-state index contributed by atoms with van der Waals surface area (Å²) < 4.78 is 31.6. The minimum Gasteiger partial charge on any atom is -0.356 e. The molecule has 4 N–H and O–H groups in total. The van der Waals surface area contributed by atoms with Gasteiger partial charge in [0, 0.05) is 22.7 Å². The topological polar surface area (TPSA) is 111 Å². The molecule has 0 unspecified atom stereocenters. The summed E-state index contributed by atoms with van der Waals surface area (Å²) in [5.41, 5.74) is 10.7. The average Bonchev–Trinajstić information content (AvgIpc) is 3.04. The van der Waals surface area contributed by atoms with E-state index in [-0.39, 0.29) is 0 Å². The number of nitrogens with one attached hydrogen (secondary N) is 2. The van der Waals surface area contributed by atoms with Crippen LogP contribution in [0.4, 0.5) is 28.4 Å². The fraction of sp³-hybridized carbons (Fsp3) is 0. The van der Waals surface area contributed by atoms with Gasteiger partial charge >= 0.3 is 10.4 Å². The summed E-state index contributed by atoms with van der Waals surface area (Å²) in [5.74, 6) is 0. The van der Waals surface area contributed by atoms with Crippen molar-refractivity contribution in [3.8, 4) is 0 Å². The Labute approximate surface area is 263 Å². The van der Waals surface area contributed by atoms with Crippen LogP contribution in [0.1, 0.15) is 11.1 Å². The molecule has 0 fully saturated rings. The van der Waals surface area contributed by atoms with Crippen LogP contribution in [0.25, 0.3) is 5.57 Å². The molecule has 7 nitrogen and oxygen atoms in total. The average molecular weight is 614 g/mol. The van der Waals surface area contributed by atoms with Crippen molar-refractivity contribution in [3.63, 3.8) is 0 Å². The summed E-state index contributed by atoms with van der Waals surface area (Å²) >= 11 is 0. The lowest BCUT2D eigenvalue weighted by Crippen LogP contribution is -1.99. The van der Waals surface area contributed by atoms with E-state index in [1.165, 1.54) is 5.57 Å². The Kier molecular flexibility index (Phi) is 10.1. The molecule has 5 aromatic rings. The molecule has 0 radical (unpaired) electrons. The highest BCUT2D eigenvalue weighted by molar-refractivity contribution is 7.79. The lowest BCUT2D eigenvalue weighted by atomic mass is 9.90. The van der Waals surface area contributed by atoms with E-state index >= 15 is 0 Å². The van der Waals surface area contributed by atoms with Gasteiger partial charge in [0.1, 0.15) is 0 Å². The third-order valence-corrected chi connectivity index (χ3v) is 6.64. The van der Waals surface area contributed by atoms with Crippen LogP contribution in [0.2, 0.25) is 0 Å². The van der Waals surface area contributed by atoms with Crippen LogP contribution >= 0.6 is 0 Å². The summed E-state index contributed by atoms with van der Waals surface area (Å²) in [6.45, 7) is 0. The molecular formula is C37H31N3O4S. The molecule has 0 saturated heterocycles. The van der Waals surface area contributed by atoms with E-state index in [1.807, 2.05) is 66.7 Å². The zero-order chi connectivity index (χ0) is 31.5. The lowest BCUT2D eigenvalue weighted by molar-refractivity contribution is 0.381. The molecule has 0 heterocycles. The van der Waals surface area contributed by atoms with Crippen LogP contribution < -0.4 is 10.6 Å². The Morgan fingerprint density at radius 2 is 0.844 bits per heavy atom. The summed E-state index contributed by atoms with van der Waals surface area (Å²) in [6.07, 6.45) is 8.48. The number of para-hydroxylation sites is 3. The number of nitrogens with zero attached hydrogens (tertiary/aromatic N) is 1. The highest BCUT2D eigenvalue weighted by atomic mass is 32.3. The molecule has 6 rings (SSSR count). The first kappa shape index (κ1) is 30.9. The van der Waals surface area contributed by atoms with Gasteiger partial charge in [-0.1, -0.05) is 91.0 Å². The Morgan fingerprint density at radius 3 is 1.24 bits per heavy atom. The fourth-order valence-corrected chi connectivity index (χ4v) is 4.67. The zero-order valence-electron chi connectivity index (χ0n) is 24.2. The summed E-state index contributed by atoms with van der Waals surface area (Å²) in [5, 5.41) is 6.96. The molecule has 0 aliphatic heterocycles. The molecule has 0 bridgehead atoms. The predicted octanol–water partition coefficient (Wildman–Crippen LogP) is 9.22. The van der Waals surface area contributed by atoms with Crippen molar-refractivity contribution in [2.75, 3.05) is 10.6 Å². The Morgan fingerprint density at radius 1 is 0.489 bits per heavy atom. The molecule has 5 aromatic carbocycles. The normalized spacial score (nSPS) is 12.1. The molecular weight excluding hydrogens is 582 g/mol. The van der Waals surface area contributed by atoms with Crippen LogP contribution in [0, 0.1) is 0 Å². The minimum absolute atomic E-state index is 0.930. The number of rotatable bonds is 7. The van der Waals surface area contributed by atoms with Crippen molar-refractivity contribution in [2.24, 2.45) is 4.99 Å². The smallest absolute Gasteiger partial charge is 0.356 e. The van der Waals surface area contributed by atoms with Gasteiger partial charge < -0.3 is 10.6 Å². The molecule has 45 heavy (non-hydrogen) atoms. The standard InChI is InChI=1S/C37H29N3.H2O4S/c1-4-10-31(11-5-1)38-34-22-16-28(17-23-34)37(29-18-24-35(25-19-29)39-32-12-6-2-7-13-32)30-20-26-36(27-21-30)40-33-14-8-3-9-15-33;1-5(2,3)4/h1-27,38-39H;(H2,1,2,3,4). The van der Waals surface area contributed by atoms with E-state index in [2.05, 4.69) is 108 Å². The van der Waals surface area contributed by atoms with Crippen molar-refractivity contribution in [2.45, 2.75) is 0 Å². The monoisotopic (exact) mass is 613 g/mol. The maximum Gasteiger partial charge on any atom is 0.394 e.